The summed E-state index contributed by atoms with van der Waals surface area (Å²) in [5.41, 5.74) is 0.409. The lowest BCUT2D eigenvalue weighted by molar-refractivity contribution is 0.0694. The first-order valence-corrected chi connectivity index (χ1v) is 12.7. The highest BCUT2D eigenvalue weighted by Gasteiger charge is 2.30. The summed E-state index contributed by atoms with van der Waals surface area (Å²) in [6.45, 7) is 1.05. The molecule has 1 aliphatic heterocycles. The number of aromatic carboxylic acids is 1. The molecule has 2 aliphatic rings. The van der Waals surface area contributed by atoms with Crippen LogP contribution in [0.2, 0.25) is 0 Å². The van der Waals surface area contributed by atoms with Gasteiger partial charge in [-0.25, -0.2) is 17.6 Å². The molecule has 1 N–H and O–H groups in total. The number of carboxylic acids is 1. The second-order valence-corrected chi connectivity index (χ2v) is 10.7. The van der Waals surface area contributed by atoms with Gasteiger partial charge >= 0.3 is 5.97 Å². The van der Waals surface area contributed by atoms with Crippen molar-refractivity contribution in [2.75, 3.05) is 31.1 Å². The molecule has 0 atom stereocenters. The zero-order valence-electron chi connectivity index (χ0n) is 18.4. The van der Waals surface area contributed by atoms with Crippen molar-refractivity contribution in [3.05, 3.63) is 75.8 Å². The molecule has 1 saturated carbocycles. The maximum absolute atomic E-state index is 15.1. The fourth-order valence-corrected chi connectivity index (χ4v) is 6.01. The third-order valence-electron chi connectivity index (χ3n) is 6.44. The molecule has 0 radical (unpaired) electrons. The summed E-state index contributed by atoms with van der Waals surface area (Å²) in [5, 5.41) is 9.43. The molecule has 0 unspecified atom stereocenters. The third-order valence-corrected chi connectivity index (χ3v) is 8.29. The standard InChI is InChI=1S/C24H24FN3O5S/c25-20-12-18-21(28(17-6-7-17)14-19(23(18)29)24(30)31)13-22(20)26-8-10-27(11-9-26)34(32,33)15-16-4-2-1-3-5-16/h1-5,12-14,17H,6-11,15H2,(H,30,31). The van der Waals surface area contributed by atoms with Crippen LogP contribution < -0.4 is 10.3 Å². The van der Waals surface area contributed by atoms with Crippen LogP contribution in [0.4, 0.5) is 10.1 Å². The van der Waals surface area contributed by atoms with Gasteiger partial charge in [-0.2, -0.15) is 4.31 Å². The van der Waals surface area contributed by atoms with Crippen molar-refractivity contribution in [3.8, 4) is 0 Å². The van der Waals surface area contributed by atoms with E-state index in [0.29, 0.717) is 24.2 Å². The Kier molecular flexibility index (Phi) is 5.65. The monoisotopic (exact) mass is 485 g/mol. The van der Waals surface area contributed by atoms with Gasteiger partial charge in [0.25, 0.3) is 0 Å². The molecule has 5 rings (SSSR count). The summed E-state index contributed by atoms with van der Waals surface area (Å²) < 4.78 is 44.0. The van der Waals surface area contributed by atoms with E-state index in [0.717, 1.165) is 18.9 Å². The molecule has 1 aromatic heterocycles. The highest BCUT2D eigenvalue weighted by atomic mass is 32.2. The Labute approximate surface area is 195 Å². The molecule has 0 bridgehead atoms. The van der Waals surface area contributed by atoms with E-state index in [1.807, 2.05) is 6.07 Å². The maximum atomic E-state index is 15.1. The number of hydrogen-bond donors (Lipinski definition) is 1. The fraction of sp³-hybridized carbons (Fsp3) is 0.333. The topological polar surface area (TPSA) is 99.9 Å². The van der Waals surface area contributed by atoms with Gasteiger partial charge in [0, 0.05) is 43.8 Å². The van der Waals surface area contributed by atoms with Gasteiger partial charge in [-0.15, -0.1) is 0 Å². The van der Waals surface area contributed by atoms with E-state index in [4.69, 9.17) is 0 Å². The lowest BCUT2D eigenvalue weighted by Crippen LogP contribution is -2.49. The quantitative estimate of drug-likeness (QED) is 0.576. The Morgan fingerprint density at radius 1 is 1.06 bits per heavy atom. The molecule has 3 aromatic rings. The maximum Gasteiger partial charge on any atom is 0.341 e. The minimum absolute atomic E-state index is 0.0390. The third kappa shape index (κ3) is 4.19. The van der Waals surface area contributed by atoms with Gasteiger partial charge < -0.3 is 14.6 Å². The lowest BCUT2D eigenvalue weighted by atomic mass is 10.1. The molecule has 2 fully saturated rings. The molecule has 8 nitrogen and oxygen atoms in total. The SMILES string of the molecule is O=C(O)c1cn(C2CC2)c2cc(N3CCN(S(=O)(=O)Cc4ccccc4)CC3)c(F)cc2c1=O. The number of halogens is 1. The highest BCUT2D eigenvalue weighted by molar-refractivity contribution is 7.88. The molecular formula is C24H24FN3O5S. The van der Waals surface area contributed by atoms with E-state index in [-0.39, 0.29) is 41.5 Å². The summed E-state index contributed by atoms with van der Waals surface area (Å²) in [6.07, 6.45) is 3.07. The van der Waals surface area contributed by atoms with E-state index in [1.165, 1.54) is 10.5 Å². The average molecular weight is 486 g/mol. The Morgan fingerprint density at radius 2 is 1.74 bits per heavy atom. The first-order valence-electron chi connectivity index (χ1n) is 11.1. The average Bonchev–Trinajstić information content (AvgIpc) is 3.65. The Morgan fingerprint density at radius 3 is 2.35 bits per heavy atom. The van der Waals surface area contributed by atoms with E-state index >= 15 is 4.39 Å². The molecule has 1 aliphatic carbocycles. The van der Waals surface area contributed by atoms with Crippen LogP contribution in [0.1, 0.15) is 34.8 Å². The number of benzene rings is 2. The summed E-state index contributed by atoms with van der Waals surface area (Å²) in [4.78, 5) is 26.0. The molecule has 34 heavy (non-hydrogen) atoms. The predicted octanol–water partition coefficient (Wildman–Crippen LogP) is 2.83. The highest BCUT2D eigenvalue weighted by Crippen LogP contribution is 2.38. The first kappa shape index (κ1) is 22.5. The Hall–Kier alpha value is -3.24. The van der Waals surface area contributed by atoms with E-state index in [1.54, 1.807) is 39.8 Å². The summed E-state index contributed by atoms with van der Waals surface area (Å²) in [7, 11) is -3.50. The Bertz CT molecular complexity index is 1430. The molecule has 1 saturated heterocycles. The zero-order chi connectivity index (χ0) is 24.0. The smallest absolute Gasteiger partial charge is 0.341 e. The zero-order valence-corrected chi connectivity index (χ0v) is 19.2. The number of rotatable bonds is 6. The lowest BCUT2D eigenvalue weighted by Gasteiger charge is -2.35. The normalized spacial score (nSPS) is 17.3. The van der Waals surface area contributed by atoms with Gasteiger partial charge in [-0.3, -0.25) is 4.79 Å². The van der Waals surface area contributed by atoms with Crippen molar-refractivity contribution in [2.24, 2.45) is 0 Å². The second kappa shape index (κ2) is 8.52. The number of hydrogen-bond acceptors (Lipinski definition) is 5. The van der Waals surface area contributed by atoms with Crippen molar-refractivity contribution >= 4 is 32.6 Å². The van der Waals surface area contributed by atoms with Gasteiger partial charge in [0.1, 0.15) is 11.4 Å². The van der Waals surface area contributed by atoms with Gasteiger partial charge in [-0.1, -0.05) is 30.3 Å². The molecule has 0 amide bonds. The van der Waals surface area contributed by atoms with Crippen molar-refractivity contribution in [2.45, 2.75) is 24.6 Å². The van der Waals surface area contributed by atoms with Crippen LogP contribution in [-0.2, 0) is 15.8 Å². The van der Waals surface area contributed by atoms with Crippen LogP contribution in [0.25, 0.3) is 10.9 Å². The van der Waals surface area contributed by atoms with Crippen LogP contribution in [0.5, 0.6) is 0 Å². The largest absolute Gasteiger partial charge is 0.477 e. The van der Waals surface area contributed by atoms with Crippen molar-refractivity contribution in [1.29, 1.82) is 0 Å². The van der Waals surface area contributed by atoms with Crippen LogP contribution in [0.3, 0.4) is 0 Å². The Balaban J connectivity index is 1.42. The number of aromatic nitrogens is 1. The van der Waals surface area contributed by atoms with E-state index in [2.05, 4.69) is 0 Å². The second-order valence-electron chi connectivity index (χ2n) is 8.76. The number of nitrogens with zero attached hydrogens (tertiary/aromatic N) is 3. The minimum Gasteiger partial charge on any atom is -0.477 e. The number of carbonyl (C=O) groups is 1. The molecule has 0 spiro atoms. The summed E-state index contributed by atoms with van der Waals surface area (Å²) >= 11 is 0. The van der Waals surface area contributed by atoms with Crippen LogP contribution in [0.15, 0.2) is 53.5 Å². The van der Waals surface area contributed by atoms with Crippen LogP contribution in [0, 0.1) is 5.82 Å². The summed E-state index contributed by atoms with van der Waals surface area (Å²) in [6, 6.07) is 11.7. The fourth-order valence-electron chi connectivity index (χ4n) is 4.49. The first-order chi connectivity index (χ1) is 16.2. The number of piperazine rings is 1. The minimum atomic E-state index is -3.50. The van der Waals surface area contributed by atoms with Crippen LogP contribution >= 0.6 is 0 Å². The van der Waals surface area contributed by atoms with Gasteiger partial charge in [0.2, 0.25) is 15.5 Å². The molecule has 10 heteroatoms. The van der Waals surface area contributed by atoms with Crippen molar-refractivity contribution in [3.63, 3.8) is 0 Å². The predicted molar refractivity (Wildman–Crippen MR) is 126 cm³/mol. The van der Waals surface area contributed by atoms with Gasteiger partial charge in [0.15, 0.2) is 0 Å². The molecule has 178 valence electrons. The molecule has 2 aromatic carbocycles. The van der Waals surface area contributed by atoms with E-state index in [9.17, 15) is 23.1 Å². The van der Waals surface area contributed by atoms with Gasteiger partial charge in [-0.05, 0) is 30.5 Å². The molecular weight excluding hydrogens is 461 g/mol. The number of carboxylic acid groups (broad SMARTS) is 1. The van der Waals surface area contributed by atoms with Crippen molar-refractivity contribution < 1.29 is 22.7 Å². The van der Waals surface area contributed by atoms with E-state index < -0.39 is 27.2 Å². The number of sulfonamides is 1. The number of anilines is 1. The number of pyridine rings is 1. The summed E-state index contributed by atoms with van der Waals surface area (Å²) in [5.74, 6) is -2.05. The van der Waals surface area contributed by atoms with Crippen molar-refractivity contribution in [1.82, 2.24) is 8.87 Å². The van der Waals surface area contributed by atoms with Gasteiger partial charge in [0.05, 0.1) is 17.0 Å². The molecule has 2 heterocycles. The van der Waals surface area contributed by atoms with Crippen LogP contribution in [-0.4, -0.2) is 54.5 Å². The number of fused-ring (bicyclic) bond motifs is 1.